The summed E-state index contributed by atoms with van der Waals surface area (Å²) in [4.78, 5) is 0. The maximum Gasteiger partial charge on any atom is 0.294 e. The van der Waals surface area contributed by atoms with Crippen LogP contribution in [0, 0.1) is 13.8 Å². The number of hydrogen-bond acceptors (Lipinski definition) is 1. The van der Waals surface area contributed by atoms with Crippen molar-refractivity contribution in [2.75, 3.05) is 0 Å². The third-order valence-electron chi connectivity index (χ3n) is 18.3. The van der Waals surface area contributed by atoms with Crippen LogP contribution in [0.3, 0.4) is 0 Å². The van der Waals surface area contributed by atoms with Crippen molar-refractivity contribution >= 4 is 21.9 Å². The van der Waals surface area contributed by atoms with E-state index in [0.717, 1.165) is 41.8 Å². The van der Waals surface area contributed by atoms with Gasteiger partial charge in [0.15, 0.2) is 0 Å². The summed E-state index contributed by atoms with van der Waals surface area (Å²) in [6.07, 6.45) is 15.4. The summed E-state index contributed by atoms with van der Waals surface area (Å²) in [6, 6.07) is 48.0. The van der Waals surface area contributed by atoms with Gasteiger partial charge in [0.2, 0.25) is 0 Å². The third kappa shape index (κ3) is 10.8. The Hall–Kier alpha value is -8.03. The molecule has 0 aliphatic carbocycles. The van der Waals surface area contributed by atoms with E-state index in [1.54, 1.807) is 0 Å². The molecule has 0 radical (unpaired) electrons. The first-order valence-corrected chi connectivity index (χ1v) is 31.5. The summed E-state index contributed by atoms with van der Waals surface area (Å²) < 4.78 is 21.7. The number of nitrogens with zero attached hydrogens (tertiary/aromatic N) is 6. The molecule has 0 spiro atoms. The predicted octanol–water partition coefficient (Wildman–Crippen LogP) is 19.0. The molecule has 0 fully saturated rings. The van der Waals surface area contributed by atoms with Gasteiger partial charge >= 0.3 is 0 Å². The number of hydrogen-bond donors (Lipinski definition) is 0. The van der Waals surface area contributed by atoms with Crippen molar-refractivity contribution in [1.29, 1.82) is 0 Å². The molecule has 85 heavy (non-hydrogen) atoms. The minimum Gasteiger partial charge on any atom is -0.456 e. The number of benzene rings is 7. The monoisotopic (exact) mass is 1130 g/mol. The Bertz CT molecular complexity index is 4200. The number of para-hydroxylation sites is 1. The quantitative estimate of drug-likeness (QED) is 0.0789. The van der Waals surface area contributed by atoms with E-state index in [1.165, 1.54) is 112 Å². The van der Waals surface area contributed by atoms with Crippen LogP contribution < -0.4 is 13.7 Å². The lowest BCUT2D eigenvalue weighted by Gasteiger charge is -2.22. The Balaban J connectivity index is 0.947. The van der Waals surface area contributed by atoms with Crippen LogP contribution in [0.15, 0.2) is 169 Å². The van der Waals surface area contributed by atoms with E-state index < -0.39 is 0 Å². The van der Waals surface area contributed by atoms with Gasteiger partial charge < -0.3 is 4.42 Å². The maximum atomic E-state index is 7.17. The molecule has 4 heterocycles. The molecule has 0 aliphatic rings. The fourth-order valence-electron chi connectivity index (χ4n) is 13.6. The van der Waals surface area contributed by atoms with Crippen LogP contribution in [0.2, 0.25) is 0 Å². The largest absolute Gasteiger partial charge is 0.456 e. The molecule has 0 bridgehead atoms. The zero-order valence-corrected chi connectivity index (χ0v) is 53.8. The van der Waals surface area contributed by atoms with Crippen LogP contribution >= 0.6 is 0 Å². The molecule has 1 unspecified atom stereocenters. The van der Waals surface area contributed by atoms with Gasteiger partial charge in [0, 0.05) is 44.2 Å². The standard InChI is InChI=1S/C78H91N6O/c1-48(2)60-31-24-32-61(49(3)4)72(60)83-42-39-81(78(83)63-29-22-19-26-56(63)15)36-35-54(13)59-45-66(50(5)6)73(67(46-59)51(7)8)82-40-37-80(17)77(82)64-30-23-20-27-58(64)43-57-33-34-65-69-47-68(52(9)10)74(71(53(11)12)75(69)85-70(65)44-57)84-41-38-79(16)76(84)62-28-21-18-25-55(62)14/h18-34,37-42,44-54H,35-36,43H2,1-17H3/q+3. The maximum absolute atomic E-state index is 7.17. The van der Waals surface area contributed by atoms with Crippen molar-refractivity contribution in [1.82, 2.24) is 13.7 Å². The molecule has 436 valence electrons. The zero-order chi connectivity index (χ0) is 60.3. The molecule has 7 heteroatoms. The molecular formula is C78H91N6O+3. The second-order valence-electron chi connectivity index (χ2n) is 26.3. The van der Waals surface area contributed by atoms with Gasteiger partial charge in [-0.1, -0.05) is 187 Å². The van der Waals surface area contributed by atoms with Crippen molar-refractivity contribution in [3.63, 3.8) is 0 Å². The minimum atomic E-state index is 0.211. The van der Waals surface area contributed by atoms with Crippen molar-refractivity contribution in [3.05, 3.63) is 226 Å². The second-order valence-corrected chi connectivity index (χ2v) is 26.3. The van der Waals surface area contributed by atoms with Gasteiger partial charge in [-0.15, -0.1) is 0 Å². The van der Waals surface area contributed by atoms with Crippen molar-refractivity contribution in [2.45, 2.75) is 165 Å². The second kappa shape index (κ2) is 23.8. The SMILES string of the molecule is Cc1ccccc1-c1n(-c2c(C(C)C)cc3c(oc4cc(Cc5ccccc5-c5n(-c6c(C(C)C)cc(C(C)CC[n+]7ccn(-c8c(C(C)C)cccc8C(C)C)c7-c7ccccc7C)cc6C(C)C)cc[n+]5C)ccc43)c2C(C)C)cc[n+]1C. The Kier molecular flexibility index (Phi) is 16.4. The summed E-state index contributed by atoms with van der Waals surface area (Å²) in [6.45, 7) is 35.8. The number of aromatic nitrogens is 6. The van der Waals surface area contributed by atoms with E-state index in [9.17, 15) is 0 Å². The molecule has 0 aliphatic heterocycles. The Labute approximate surface area is 506 Å². The number of fused-ring (bicyclic) bond motifs is 3. The highest BCUT2D eigenvalue weighted by atomic mass is 16.3. The highest BCUT2D eigenvalue weighted by molar-refractivity contribution is 6.07. The van der Waals surface area contributed by atoms with Gasteiger partial charge in [0.1, 0.15) is 65.4 Å². The summed E-state index contributed by atoms with van der Waals surface area (Å²) >= 11 is 0. The molecule has 0 N–H and O–H groups in total. The van der Waals surface area contributed by atoms with Crippen molar-refractivity contribution in [2.24, 2.45) is 14.1 Å². The van der Waals surface area contributed by atoms with Crippen LogP contribution in [0.4, 0.5) is 0 Å². The molecule has 0 amide bonds. The molecule has 0 saturated carbocycles. The molecule has 0 saturated heterocycles. The molecule has 4 aromatic heterocycles. The molecular weight excluding hydrogens is 1040 g/mol. The first-order valence-electron chi connectivity index (χ1n) is 31.5. The highest BCUT2D eigenvalue weighted by Gasteiger charge is 2.34. The van der Waals surface area contributed by atoms with Gasteiger partial charge in [-0.05, 0) is 126 Å². The van der Waals surface area contributed by atoms with Gasteiger partial charge in [-0.25, -0.2) is 13.7 Å². The fourth-order valence-corrected chi connectivity index (χ4v) is 13.6. The molecule has 11 rings (SSSR count). The summed E-state index contributed by atoms with van der Waals surface area (Å²) in [5.74, 6) is 5.77. The Morgan fingerprint density at radius 3 is 1.48 bits per heavy atom. The normalized spacial score (nSPS) is 12.6. The van der Waals surface area contributed by atoms with E-state index in [4.69, 9.17) is 4.42 Å². The van der Waals surface area contributed by atoms with Gasteiger partial charge in [-0.2, -0.15) is 13.7 Å². The third-order valence-corrected chi connectivity index (χ3v) is 18.3. The van der Waals surface area contributed by atoms with Crippen LogP contribution in [-0.4, -0.2) is 13.7 Å². The summed E-state index contributed by atoms with van der Waals surface area (Å²) in [5, 5.41) is 2.35. The smallest absolute Gasteiger partial charge is 0.294 e. The zero-order valence-electron chi connectivity index (χ0n) is 53.8. The highest BCUT2D eigenvalue weighted by Crippen LogP contribution is 2.44. The van der Waals surface area contributed by atoms with E-state index in [0.29, 0.717) is 29.6 Å². The lowest BCUT2D eigenvalue weighted by atomic mass is 9.85. The van der Waals surface area contributed by atoms with E-state index >= 15 is 0 Å². The van der Waals surface area contributed by atoms with E-state index in [2.05, 4.69) is 310 Å². The van der Waals surface area contributed by atoms with Crippen LogP contribution in [0.1, 0.15) is 199 Å². The number of imidazole rings is 3. The molecule has 7 aromatic carbocycles. The Morgan fingerprint density at radius 1 is 0.435 bits per heavy atom. The molecule has 7 nitrogen and oxygen atoms in total. The minimum absolute atomic E-state index is 0.211. The number of furan rings is 1. The van der Waals surface area contributed by atoms with E-state index in [1.807, 2.05) is 0 Å². The van der Waals surface area contributed by atoms with Gasteiger partial charge in [0.25, 0.3) is 17.5 Å². The first kappa shape index (κ1) is 58.7. The Morgan fingerprint density at radius 2 is 0.918 bits per heavy atom. The van der Waals surface area contributed by atoms with Crippen molar-refractivity contribution in [3.8, 4) is 51.2 Å². The van der Waals surface area contributed by atoms with E-state index in [-0.39, 0.29) is 11.8 Å². The van der Waals surface area contributed by atoms with Gasteiger partial charge in [-0.3, -0.25) is 0 Å². The molecule has 11 aromatic rings. The average Bonchev–Trinajstić information content (AvgIpc) is 1.79. The first-order chi connectivity index (χ1) is 40.7. The van der Waals surface area contributed by atoms with Gasteiger partial charge in [0.05, 0.1) is 37.3 Å². The average molecular weight is 1130 g/mol. The van der Waals surface area contributed by atoms with Crippen molar-refractivity contribution < 1.29 is 18.1 Å². The molecule has 1 atom stereocenters. The number of aryl methyl sites for hydroxylation is 5. The van der Waals surface area contributed by atoms with Crippen LogP contribution in [-0.2, 0) is 27.1 Å². The lowest BCUT2D eigenvalue weighted by Crippen LogP contribution is -2.35. The van der Waals surface area contributed by atoms with Crippen LogP contribution in [0.25, 0.3) is 73.2 Å². The van der Waals surface area contributed by atoms with Crippen LogP contribution in [0.5, 0.6) is 0 Å². The fraction of sp³-hybridized carbons (Fsp3) is 0.346. The summed E-state index contributed by atoms with van der Waals surface area (Å²) in [5.41, 5.74) is 24.0. The summed E-state index contributed by atoms with van der Waals surface area (Å²) in [7, 11) is 4.36. The topological polar surface area (TPSA) is 39.6 Å². The predicted molar refractivity (Wildman–Crippen MR) is 353 cm³/mol. The number of rotatable bonds is 18. The lowest BCUT2D eigenvalue weighted by molar-refractivity contribution is -0.686.